The number of carbonyl (C=O) groups is 1. The molecule has 0 amide bonds. The van der Waals surface area contributed by atoms with Gasteiger partial charge in [-0.05, 0) is 6.08 Å². The fourth-order valence-corrected chi connectivity index (χ4v) is 2.16. The Kier molecular flexibility index (Phi) is 1.32. The summed E-state index contributed by atoms with van der Waals surface area (Å²) in [5.41, 5.74) is 0. The predicted octanol–water partition coefficient (Wildman–Crippen LogP) is 0.671. The monoisotopic (exact) mass is 178 g/mol. The Labute approximate surface area is 76.0 Å². The standard InChI is InChI=1S/C10H10O3/c11-9-4-2-7-1-3-8(7)10(9)12-5-6-13-10/h1-4,7-8H,5-6H2. The van der Waals surface area contributed by atoms with Crippen LogP contribution in [0.2, 0.25) is 0 Å². The minimum absolute atomic E-state index is 0.0457. The summed E-state index contributed by atoms with van der Waals surface area (Å²) in [7, 11) is 0. The van der Waals surface area contributed by atoms with Crippen molar-refractivity contribution in [1.29, 1.82) is 0 Å². The normalized spacial score (nSPS) is 39.2. The average molecular weight is 178 g/mol. The molecule has 0 radical (unpaired) electrons. The van der Waals surface area contributed by atoms with E-state index in [1.807, 2.05) is 12.2 Å². The van der Waals surface area contributed by atoms with Gasteiger partial charge < -0.3 is 9.47 Å². The second-order valence-electron chi connectivity index (χ2n) is 3.58. The minimum Gasteiger partial charge on any atom is -0.340 e. The highest BCUT2D eigenvalue weighted by Crippen LogP contribution is 2.44. The summed E-state index contributed by atoms with van der Waals surface area (Å²) in [6, 6.07) is 0. The molecule has 13 heavy (non-hydrogen) atoms. The number of fused-ring (bicyclic) bond motifs is 2. The van der Waals surface area contributed by atoms with E-state index < -0.39 is 5.79 Å². The van der Waals surface area contributed by atoms with Gasteiger partial charge in [-0.3, -0.25) is 4.79 Å². The summed E-state index contributed by atoms with van der Waals surface area (Å²) >= 11 is 0. The van der Waals surface area contributed by atoms with Crippen LogP contribution in [0.4, 0.5) is 0 Å². The lowest BCUT2D eigenvalue weighted by Gasteiger charge is -2.41. The smallest absolute Gasteiger partial charge is 0.240 e. The first-order valence-corrected chi connectivity index (χ1v) is 4.52. The van der Waals surface area contributed by atoms with Gasteiger partial charge in [-0.15, -0.1) is 0 Å². The third kappa shape index (κ3) is 0.785. The van der Waals surface area contributed by atoms with Crippen molar-refractivity contribution in [2.75, 3.05) is 13.2 Å². The molecule has 68 valence electrons. The minimum atomic E-state index is -0.964. The van der Waals surface area contributed by atoms with Gasteiger partial charge in [0.15, 0.2) is 0 Å². The van der Waals surface area contributed by atoms with Gasteiger partial charge in [-0.25, -0.2) is 0 Å². The number of ketones is 1. The molecule has 3 nitrogen and oxygen atoms in total. The van der Waals surface area contributed by atoms with Crippen LogP contribution >= 0.6 is 0 Å². The molecular formula is C10H10O3. The van der Waals surface area contributed by atoms with Crippen LogP contribution < -0.4 is 0 Å². The average Bonchev–Trinajstić information content (AvgIpc) is 2.50. The molecular weight excluding hydrogens is 168 g/mol. The largest absolute Gasteiger partial charge is 0.340 e. The van der Waals surface area contributed by atoms with E-state index in [4.69, 9.17) is 9.47 Å². The van der Waals surface area contributed by atoms with Crippen molar-refractivity contribution >= 4 is 5.78 Å². The second-order valence-corrected chi connectivity index (χ2v) is 3.58. The van der Waals surface area contributed by atoms with E-state index in [1.54, 1.807) is 6.08 Å². The zero-order chi connectivity index (χ0) is 8.89. The van der Waals surface area contributed by atoms with E-state index in [0.717, 1.165) is 0 Å². The predicted molar refractivity (Wildman–Crippen MR) is 44.9 cm³/mol. The van der Waals surface area contributed by atoms with E-state index >= 15 is 0 Å². The maximum atomic E-state index is 11.6. The van der Waals surface area contributed by atoms with Gasteiger partial charge in [0.1, 0.15) is 0 Å². The molecule has 1 saturated heterocycles. The topological polar surface area (TPSA) is 35.5 Å². The molecule has 0 N–H and O–H groups in total. The van der Waals surface area contributed by atoms with Crippen LogP contribution in [-0.4, -0.2) is 24.8 Å². The highest BCUT2D eigenvalue weighted by molar-refractivity contribution is 5.98. The molecule has 0 aromatic carbocycles. The third-order valence-corrected chi connectivity index (χ3v) is 2.92. The molecule has 0 aromatic heterocycles. The lowest BCUT2D eigenvalue weighted by Crippen LogP contribution is -2.52. The highest BCUT2D eigenvalue weighted by Gasteiger charge is 2.55. The summed E-state index contributed by atoms with van der Waals surface area (Å²) in [4.78, 5) is 11.6. The number of hydrogen-bond donors (Lipinski definition) is 0. The lowest BCUT2D eigenvalue weighted by atomic mass is 9.71. The van der Waals surface area contributed by atoms with Crippen molar-refractivity contribution in [3.8, 4) is 0 Å². The Morgan fingerprint density at radius 2 is 2.00 bits per heavy atom. The summed E-state index contributed by atoms with van der Waals surface area (Å²) in [6.45, 7) is 1.05. The maximum absolute atomic E-state index is 11.6. The molecule has 0 bridgehead atoms. The molecule has 1 heterocycles. The Balaban J connectivity index is 2.04. The van der Waals surface area contributed by atoms with Crippen LogP contribution in [0.25, 0.3) is 0 Å². The molecule has 1 aliphatic heterocycles. The van der Waals surface area contributed by atoms with Crippen molar-refractivity contribution in [1.82, 2.24) is 0 Å². The van der Waals surface area contributed by atoms with Gasteiger partial charge in [0, 0.05) is 11.8 Å². The van der Waals surface area contributed by atoms with Crippen LogP contribution in [-0.2, 0) is 14.3 Å². The Morgan fingerprint density at radius 3 is 2.62 bits per heavy atom. The molecule has 1 fully saturated rings. The van der Waals surface area contributed by atoms with E-state index in [9.17, 15) is 4.79 Å². The van der Waals surface area contributed by atoms with Crippen LogP contribution in [0.1, 0.15) is 0 Å². The number of hydrogen-bond acceptors (Lipinski definition) is 3. The van der Waals surface area contributed by atoms with Gasteiger partial charge in [0.05, 0.1) is 13.2 Å². The molecule has 2 atom stereocenters. The molecule has 0 aromatic rings. The van der Waals surface area contributed by atoms with E-state index in [2.05, 4.69) is 6.08 Å². The first-order valence-electron chi connectivity index (χ1n) is 4.52. The van der Waals surface area contributed by atoms with Crippen molar-refractivity contribution in [2.24, 2.45) is 11.8 Å². The van der Waals surface area contributed by atoms with Gasteiger partial charge in [-0.1, -0.05) is 18.2 Å². The fraction of sp³-hybridized carbons (Fsp3) is 0.500. The second kappa shape index (κ2) is 2.30. The maximum Gasteiger partial charge on any atom is 0.240 e. The van der Waals surface area contributed by atoms with E-state index in [-0.39, 0.29) is 11.7 Å². The lowest BCUT2D eigenvalue weighted by molar-refractivity contribution is -0.196. The molecule has 2 aliphatic carbocycles. The van der Waals surface area contributed by atoms with Gasteiger partial charge in [-0.2, -0.15) is 0 Å². The van der Waals surface area contributed by atoms with E-state index in [0.29, 0.717) is 19.1 Å². The molecule has 3 rings (SSSR count). The third-order valence-electron chi connectivity index (χ3n) is 2.92. The first-order chi connectivity index (χ1) is 6.33. The highest BCUT2D eigenvalue weighted by atomic mass is 16.7. The van der Waals surface area contributed by atoms with Crippen molar-refractivity contribution < 1.29 is 14.3 Å². The zero-order valence-corrected chi connectivity index (χ0v) is 7.10. The number of rotatable bonds is 0. The fourth-order valence-electron chi connectivity index (χ4n) is 2.16. The van der Waals surface area contributed by atoms with Gasteiger partial charge in [0.2, 0.25) is 11.6 Å². The number of carbonyl (C=O) groups excluding carboxylic acids is 1. The van der Waals surface area contributed by atoms with Gasteiger partial charge >= 0.3 is 0 Å². The van der Waals surface area contributed by atoms with Crippen molar-refractivity contribution in [3.05, 3.63) is 24.3 Å². The number of allylic oxidation sites excluding steroid dienone is 2. The summed E-state index contributed by atoms with van der Waals surface area (Å²) in [6.07, 6.45) is 7.57. The Morgan fingerprint density at radius 1 is 1.23 bits per heavy atom. The van der Waals surface area contributed by atoms with Crippen LogP contribution in [0.15, 0.2) is 24.3 Å². The van der Waals surface area contributed by atoms with Crippen LogP contribution in [0.3, 0.4) is 0 Å². The van der Waals surface area contributed by atoms with Gasteiger partial charge in [0.25, 0.3) is 0 Å². The SMILES string of the molecule is O=C1C=CC2C=CC2C12OCCO2. The molecule has 1 spiro atoms. The Bertz CT molecular complexity index is 310. The van der Waals surface area contributed by atoms with E-state index in [1.165, 1.54) is 0 Å². The summed E-state index contributed by atoms with van der Waals surface area (Å²) < 4.78 is 10.9. The quantitative estimate of drug-likeness (QED) is 0.511. The molecule has 0 saturated carbocycles. The number of ether oxygens (including phenoxy) is 2. The Hall–Kier alpha value is -0.930. The molecule has 3 aliphatic rings. The van der Waals surface area contributed by atoms with Crippen LogP contribution in [0.5, 0.6) is 0 Å². The molecule has 2 unspecified atom stereocenters. The van der Waals surface area contributed by atoms with Crippen molar-refractivity contribution in [3.63, 3.8) is 0 Å². The first kappa shape index (κ1) is 7.47. The van der Waals surface area contributed by atoms with Crippen molar-refractivity contribution in [2.45, 2.75) is 5.79 Å². The zero-order valence-electron chi connectivity index (χ0n) is 7.10. The molecule has 3 heteroatoms. The summed E-state index contributed by atoms with van der Waals surface area (Å²) in [5, 5.41) is 0. The van der Waals surface area contributed by atoms with Crippen LogP contribution in [0, 0.1) is 11.8 Å². The summed E-state index contributed by atoms with van der Waals surface area (Å²) in [5.74, 6) is -0.576.